The SMILES string of the molecule is CC1=CC(NCC(=O)NCCc2ccc3c(c2)OCCO3)N(CCC(NCc2ccccc2)NCc2ccccc2)C(n2ccnc2)=N1. The third-order valence-corrected chi connectivity index (χ3v) is 8.27. The van der Waals surface area contributed by atoms with Crippen LogP contribution < -0.4 is 30.7 Å². The van der Waals surface area contributed by atoms with Gasteiger partial charge in [0.05, 0.1) is 12.7 Å². The largest absolute Gasteiger partial charge is 0.486 e. The van der Waals surface area contributed by atoms with E-state index < -0.39 is 0 Å². The number of nitrogens with zero attached hydrogens (tertiary/aromatic N) is 4. The van der Waals surface area contributed by atoms with Gasteiger partial charge in [-0.3, -0.25) is 25.3 Å². The van der Waals surface area contributed by atoms with Crippen LogP contribution in [0.3, 0.4) is 0 Å². The number of nitrogens with one attached hydrogen (secondary N) is 4. The Bertz CT molecular complexity index is 1620. The fourth-order valence-corrected chi connectivity index (χ4v) is 5.76. The van der Waals surface area contributed by atoms with Gasteiger partial charge in [-0.1, -0.05) is 66.7 Å². The average Bonchev–Trinajstić information content (AvgIpc) is 3.67. The van der Waals surface area contributed by atoms with Gasteiger partial charge >= 0.3 is 0 Å². The van der Waals surface area contributed by atoms with E-state index in [9.17, 15) is 4.79 Å². The van der Waals surface area contributed by atoms with Crippen LogP contribution in [0.25, 0.3) is 0 Å². The first-order valence-electron chi connectivity index (χ1n) is 16.6. The maximum atomic E-state index is 13.0. The zero-order valence-electron chi connectivity index (χ0n) is 27.3. The summed E-state index contributed by atoms with van der Waals surface area (Å²) in [6, 6.07) is 26.8. The lowest BCUT2D eigenvalue weighted by Crippen LogP contribution is -2.55. The van der Waals surface area contributed by atoms with E-state index >= 15 is 0 Å². The van der Waals surface area contributed by atoms with Crippen LogP contribution in [-0.4, -0.2) is 71.5 Å². The molecular formula is C37H44N8O3. The summed E-state index contributed by atoms with van der Waals surface area (Å²) in [7, 11) is 0. The van der Waals surface area contributed by atoms with Crippen molar-refractivity contribution in [2.45, 2.75) is 45.2 Å². The van der Waals surface area contributed by atoms with E-state index in [0.29, 0.717) is 32.7 Å². The van der Waals surface area contributed by atoms with Crippen molar-refractivity contribution in [1.82, 2.24) is 35.7 Å². The molecule has 0 saturated carbocycles. The van der Waals surface area contributed by atoms with Gasteiger partial charge in [-0.2, -0.15) is 0 Å². The molecule has 1 unspecified atom stereocenters. The summed E-state index contributed by atoms with van der Waals surface area (Å²) in [5.41, 5.74) is 4.40. The van der Waals surface area contributed by atoms with Crippen LogP contribution >= 0.6 is 0 Å². The van der Waals surface area contributed by atoms with Crippen molar-refractivity contribution in [1.29, 1.82) is 0 Å². The number of carbonyl (C=O) groups is 1. The van der Waals surface area contributed by atoms with Gasteiger partial charge in [0.25, 0.3) is 0 Å². The normalized spacial score (nSPS) is 15.6. The molecule has 11 nitrogen and oxygen atoms in total. The quantitative estimate of drug-likeness (QED) is 0.145. The summed E-state index contributed by atoms with van der Waals surface area (Å²) in [5.74, 6) is 2.21. The highest BCUT2D eigenvalue weighted by molar-refractivity contribution is 5.85. The van der Waals surface area contributed by atoms with Crippen molar-refractivity contribution in [3.63, 3.8) is 0 Å². The first-order valence-corrected chi connectivity index (χ1v) is 16.6. The lowest BCUT2D eigenvalue weighted by atomic mass is 10.1. The second-order valence-corrected chi connectivity index (χ2v) is 11.9. The fraction of sp³-hybridized carbons (Fsp3) is 0.324. The van der Waals surface area contributed by atoms with Crippen LogP contribution in [0.2, 0.25) is 0 Å². The summed E-state index contributed by atoms with van der Waals surface area (Å²) in [6.07, 6.45) is 8.71. The number of allylic oxidation sites excluding steroid dienone is 1. The molecule has 4 aromatic rings. The Morgan fingerprint density at radius 2 is 1.62 bits per heavy atom. The van der Waals surface area contributed by atoms with Crippen LogP contribution in [0.5, 0.6) is 11.5 Å². The van der Waals surface area contributed by atoms with Gasteiger partial charge in [0.1, 0.15) is 25.7 Å². The maximum absolute atomic E-state index is 13.0. The summed E-state index contributed by atoms with van der Waals surface area (Å²) in [4.78, 5) is 24.3. The van der Waals surface area contributed by atoms with E-state index in [0.717, 1.165) is 48.2 Å². The molecule has 0 spiro atoms. The molecule has 2 aliphatic rings. The minimum Gasteiger partial charge on any atom is -0.486 e. The number of carbonyl (C=O) groups excluding carboxylic acids is 1. The number of aromatic nitrogens is 2. The molecule has 3 aromatic carbocycles. The second-order valence-electron chi connectivity index (χ2n) is 11.9. The molecular weight excluding hydrogens is 604 g/mol. The van der Waals surface area contributed by atoms with Gasteiger partial charge in [-0.15, -0.1) is 0 Å². The van der Waals surface area contributed by atoms with Crippen molar-refractivity contribution in [2.24, 2.45) is 4.99 Å². The number of aliphatic imine (C=N–C) groups is 1. The predicted molar refractivity (Wildman–Crippen MR) is 186 cm³/mol. The van der Waals surface area contributed by atoms with E-state index in [-0.39, 0.29) is 24.8 Å². The van der Waals surface area contributed by atoms with Gasteiger partial charge in [0.15, 0.2) is 11.5 Å². The molecule has 3 heterocycles. The van der Waals surface area contributed by atoms with E-state index in [2.05, 4.69) is 85.8 Å². The van der Waals surface area contributed by atoms with Crippen LogP contribution in [0.4, 0.5) is 0 Å². The molecule has 48 heavy (non-hydrogen) atoms. The van der Waals surface area contributed by atoms with E-state index in [1.165, 1.54) is 11.1 Å². The smallest absolute Gasteiger partial charge is 0.234 e. The third-order valence-electron chi connectivity index (χ3n) is 8.27. The van der Waals surface area contributed by atoms with Crippen molar-refractivity contribution < 1.29 is 14.3 Å². The molecule has 0 bridgehead atoms. The topological polar surface area (TPSA) is 117 Å². The van der Waals surface area contributed by atoms with Crippen LogP contribution in [0.15, 0.2) is 114 Å². The summed E-state index contributed by atoms with van der Waals surface area (Å²) in [5, 5.41) is 13.9. The van der Waals surface area contributed by atoms with E-state index in [1.54, 1.807) is 12.5 Å². The highest BCUT2D eigenvalue weighted by Gasteiger charge is 2.27. The number of fused-ring (bicyclic) bond motifs is 1. The number of benzene rings is 3. The lowest BCUT2D eigenvalue weighted by Gasteiger charge is -2.37. The first kappa shape index (κ1) is 33.0. The average molecular weight is 649 g/mol. The number of ether oxygens (including phenoxy) is 2. The minimum atomic E-state index is -0.243. The van der Waals surface area contributed by atoms with Gasteiger partial charge in [-0.25, -0.2) is 9.98 Å². The molecule has 250 valence electrons. The van der Waals surface area contributed by atoms with Crippen LogP contribution in [-0.2, 0) is 24.3 Å². The molecule has 1 aromatic heterocycles. The molecule has 0 radical (unpaired) electrons. The summed E-state index contributed by atoms with van der Waals surface area (Å²) < 4.78 is 13.2. The van der Waals surface area contributed by atoms with Crippen molar-refractivity contribution in [2.75, 3.05) is 32.8 Å². The van der Waals surface area contributed by atoms with Crippen molar-refractivity contribution >= 4 is 11.9 Å². The maximum Gasteiger partial charge on any atom is 0.234 e. The number of rotatable bonds is 15. The highest BCUT2D eigenvalue weighted by atomic mass is 16.6. The van der Waals surface area contributed by atoms with Gasteiger partial charge < -0.3 is 19.7 Å². The molecule has 0 aliphatic carbocycles. The first-order chi connectivity index (χ1) is 23.6. The van der Waals surface area contributed by atoms with Crippen LogP contribution in [0, 0.1) is 0 Å². The standard InChI is InChI=1S/C37H44N8O3/c1-28-22-35(42-26-36(46)39-16-14-29-12-13-32-33(23-29)48-21-20-47-32)45(37(43-28)44-19-17-38-27-44)18-15-34(40-24-30-8-4-2-5-9-30)41-25-31-10-6-3-7-11-31/h2-13,17,19,22-23,27,34-35,40-42H,14-16,18,20-21,24-26H2,1H3,(H,39,46). The molecule has 2 aliphatic heterocycles. The Labute approximate surface area is 282 Å². The number of hydrogen-bond acceptors (Lipinski definition) is 9. The number of imidazole rings is 1. The molecule has 1 atom stereocenters. The summed E-state index contributed by atoms with van der Waals surface area (Å²) >= 11 is 0. The Balaban J connectivity index is 1.08. The second kappa shape index (κ2) is 16.7. The third kappa shape index (κ3) is 9.31. The van der Waals surface area contributed by atoms with Gasteiger partial charge in [0.2, 0.25) is 11.9 Å². The Kier molecular flexibility index (Phi) is 11.5. The number of amides is 1. The monoisotopic (exact) mass is 648 g/mol. The Hall–Kier alpha value is -4.97. The zero-order valence-corrected chi connectivity index (χ0v) is 27.3. The van der Waals surface area contributed by atoms with E-state index in [1.807, 2.05) is 48.0 Å². The molecule has 0 fully saturated rings. The zero-order chi connectivity index (χ0) is 33.0. The van der Waals surface area contributed by atoms with Gasteiger partial charge in [0, 0.05) is 44.3 Å². The lowest BCUT2D eigenvalue weighted by molar-refractivity contribution is -0.120. The Morgan fingerprint density at radius 3 is 2.31 bits per heavy atom. The Morgan fingerprint density at radius 1 is 0.917 bits per heavy atom. The molecule has 6 rings (SSSR count). The van der Waals surface area contributed by atoms with E-state index in [4.69, 9.17) is 14.5 Å². The molecule has 11 heteroatoms. The number of hydrogen-bond donors (Lipinski definition) is 4. The van der Waals surface area contributed by atoms with Gasteiger partial charge in [-0.05, 0) is 54.7 Å². The highest BCUT2D eigenvalue weighted by Crippen LogP contribution is 2.30. The predicted octanol–water partition coefficient (Wildman–Crippen LogP) is 3.65. The van der Waals surface area contributed by atoms with Crippen molar-refractivity contribution in [3.8, 4) is 11.5 Å². The summed E-state index contributed by atoms with van der Waals surface area (Å²) in [6.45, 7) is 5.91. The fourth-order valence-electron chi connectivity index (χ4n) is 5.76. The molecule has 4 N–H and O–H groups in total. The van der Waals surface area contributed by atoms with Crippen LogP contribution in [0.1, 0.15) is 30.0 Å². The van der Waals surface area contributed by atoms with Crippen molar-refractivity contribution in [3.05, 3.63) is 126 Å². The minimum absolute atomic E-state index is 0.0194. The molecule has 1 amide bonds. The molecule has 0 saturated heterocycles.